The largest absolute Gasteiger partial charge is 0.355 e. The van der Waals surface area contributed by atoms with Crippen LogP contribution in [0, 0.1) is 5.92 Å². The number of aromatic amines is 1. The lowest BCUT2D eigenvalue weighted by Gasteiger charge is -2.16. The van der Waals surface area contributed by atoms with E-state index in [-0.39, 0.29) is 24.2 Å². The van der Waals surface area contributed by atoms with Crippen molar-refractivity contribution in [3.8, 4) is 0 Å². The van der Waals surface area contributed by atoms with Gasteiger partial charge in [-0.3, -0.25) is 14.6 Å². The summed E-state index contributed by atoms with van der Waals surface area (Å²) in [5.74, 6) is -0.309. The monoisotopic (exact) mass is 313 g/mol. The minimum atomic E-state index is -0.272. The molecule has 1 atom stereocenters. The lowest BCUT2D eigenvalue weighted by atomic mass is 10.1. The minimum Gasteiger partial charge on any atom is -0.355 e. The van der Waals surface area contributed by atoms with Crippen LogP contribution in [0.25, 0.3) is 0 Å². The van der Waals surface area contributed by atoms with E-state index in [1.807, 2.05) is 12.1 Å². The maximum absolute atomic E-state index is 12.2. The van der Waals surface area contributed by atoms with Gasteiger partial charge in [-0.25, -0.2) is 4.98 Å². The van der Waals surface area contributed by atoms with Crippen molar-refractivity contribution >= 4 is 11.8 Å². The number of H-pyrrole nitrogens is 1. The maximum atomic E-state index is 12.2. The Morgan fingerprint density at radius 2 is 2.17 bits per heavy atom. The molecular weight excluding hydrogens is 294 g/mol. The van der Waals surface area contributed by atoms with Crippen molar-refractivity contribution in [2.45, 2.75) is 19.4 Å². The highest BCUT2D eigenvalue weighted by Crippen LogP contribution is 2.20. The number of likely N-dealkylation sites (tertiary alicyclic amines) is 1. The van der Waals surface area contributed by atoms with Crippen LogP contribution >= 0.6 is 0 Å². The Balaban J connectivity index is 1.47. The number of imidazole rings is 1. The first kappa shape index (κ1) is 15.2. The fraction of sp³-hybridized carbons (Fsp3) is 0.375. The topological polar surface area (TPSA) is 91.0 Å². The maximum Gasteiger partial charge on any atom is 0.225 e. The molecule has 120 valence electrons. The molecule has 0 spiro atoms. The Bertz CT molecular complexity index is 656. The average Bonchev–Trinajstić information content (AvgIpc) is 3.19. The summed E-state index contributed by atoms with van der Waals surface area (Å²) in [7, 11) is 0. The summed E-state index contributed by atoms with van der Waals surface area (Å²) in [5.41, 5.74) is 2.00. The van der Waals surface area contributed by atoms with Crippen LogP contribution in [-0.4, -0.2) is 44.8 Å². The smallest absolute Gasteiger partial charge is 0.225 e. The normalized spacial score (nSPS) is 17.5. The van der Waals surface area contributed by atoms with Crippen molar-refractivity contribution in [1.82, 2.24) is 25.2 Å². The molecule has 0 radical (unpaired) electrons. The van der Waals surface area contributed by atoms with Gasteiger partial charge < -0.3 is 15.2 Å². The van der Waals surface area contributed by atoms with Crippen LogP contribution in [0.2, 0.25) is 0 Å². The fourth-order valence-corrected chi connectivity index (χ4v) is 2.70. The third kappa shape index (κ3) is 3.94. The van der Waals surface area contributed by atoms with Crippen molar-refractivity contribution in [2.24, 2.45) is 5.92 Å². The molecule has 7 heteroatoms. The molecule has 0 aromatic carbocycles. The first-order chi connectivity index (χ1) is 11.2. The molecule has 2 aromatic rings. The summed E-state index contributed by atoms with van der Waals surface area (Å²) < 4.78 is 0. The second-order valence-corrected chi connectivity index (χ2v) is 5.65. The van der Waals surface area contributed by atoms with Gasteiger partial charge in [-0.1, -0.05) is 0 Å². The zero-order valence-corrected chi connectivity index (χ0v) is 12.7. The summed E-state index contributed by atoms with van der Waals surface area (Å²) in [6.07, 6.45) is 7.74. The van der Waals surface area contributed by atoms with Crippen LogP contribution in [0.3, 0.4) is 0 Å². The molecule has 1 aliphatic heterocycles. The van der Waals surface area contributed by atoms with E-state index in [0.717, 1.165) is 11.3 Å². The number of amides is 2. The summed E-state index contributed by atoms with van der Waals surface area (Å²) >= 11 is 0. The van der Waals surface area contributed by atoms with Crippen molar-refractivity contribution in [3.05, 3.63) is 48.3 Å². The second-order valence-electron chi connectivity index (χ2n) is 5.65. The van der Waals surface area contributed by atoms with Gasteiger partial charge >= 0.3 is 0 Å². The number of carbonyl (C=O) groups excluding carboxylic acids is 2. The summed E-state index contributed by atoms with van der Waals surface area (Å²) in [6, 6.07) is 3.76. The van der Waals surface area contributed by atoms with Gasteiger partial charge in [0.2, 0.25) is 11.8 Å². The van der Waals surface area contributed by atoms with Gasteiger partial charge in [0, 0.05) is 56.8 Å². The first-order valence-corrected chi connectivity index (χ1v) is 7.64. The molecule has 1 aliphatic rings. The lowest BCUT2D eigenvalue weighted by Crippen LogP contribution is -2.34. The molecule has 0 aliphatic carbocycles. The molecular formula is C16H19N5O2. The molecule has 3 heterocycles. The van der Waals surface area contributed by atoms with E-state index in [2.05, 4.69) is 20.3 Å². The first-order valence-electron chi connectivity index (χ1n) is 7.64. The van der Waals surface area contributed by atoms with Crippen molar-refractivity contribution in [1.29, 1.82) is 0 Å². The van der Waals surface area contributed by atoms with E-state index >= 15 is 0 Å². The lowest BCUT2D eigenvalue weighted by molar-refractivity contribution is -0.129. The Hall–Kier alpha value is -2.70. The van der Waals surface area contributed by atoms with Crippen LogP contribution in [0.1, 0.15) is 17.7 Å². The molecule has 23 heavy (non-hydrogen) atoms. The molecule has 3 rings (SSSR count). The predicted molar refractivity (Wildman–Crippen MR) is 83.1 cm³/mol. The predicted octanol–water partition coefficient (Wildman–Crippen LogP) is 0.512. The van der Waals surface area contributed by atoms with E-state index in [0.29, 0.717) is 26.1 Å². The Kier molecular flexibility index (Phi) is 4.65. The third-order valence-electron chi connectivity index (χ3n) is 3.96. The van der Waals surface area contributed by atoms with Crippen molar-refractivity contribution in [2.75, 3.05) is 13.1 Å². The summed E-state index contributed by atoms with van der Waals surface area (Å²) in [5, 5.41) is 2.89. The van der Waals surface area contributed by atoms with Gasteiger partial charge in [0.1, 0.15) is 0 Å². The number of nitrogens with zero attached hydrogens (tertiary/aromatic N) is 3. The van der Waals surface area contributed by atoms with Crippen LogP contribution in [0.5, 0.6) is 0 Å². The van der Waals surface area contributed by atoms with Gasteiger partial charge in [0.25, 0.3) is 0 Å². The van der Waals surface area contributed by atoms with Gasteiger partial charge in [0.05, 0.1) is 12.2 Å². The number of aromatic nitrogens is 3. The van der Waals surface area contributed by atoms with Crippen LogP contribution < -0.4 is 5.32 Å². The van der Waals surface area contributed by atoms with E-state index in [4.69, 9.17) is 0 Å². The Morgan fingerprint density at radius 1 is 1.35 bits per heavy atom. The third-order valence-corrected chi connectivity index (χ3v) is 3.96. The zero-order valence-electron chi connectivity index (χ0n) is 12.7. The number of hydrogen-bond acceptors (Lipinski definition) is 4. The number of rotatable bonds is 6. The molecule has 2 aromatic heterocycles. The van der Waals surface area contributed by atoms with Gasteiger partial charge in [-0.2, -0.15) is 0 Å². The Labute approximate surface area is 134 Å². The second kappa shape index (κ2) is 7.04. The van der Waals surface area contributed by atoms with Gasteiger partial charge in [-0.05, 0) is 17.7 Å². The minimum absolute atomic E-state index is 0.0236. The average molecular weight is 313 g/mol. The van der Waals surface area contributed by atoms with Crippen molar-refractivity contribution in [3.63, 3.8) is 0 Å². The number of hydrogen-bond donors (Lipinski definition) is 2. The standard InChI is InChI=1S/C16H19N5O2/c22-15-7-13(10-21(15)9-12-1-4-17-5-2-12)16(23)19-6-3-14-8-18-11-20-14/h1-2,4-5,8,11,13H,3,6-7,9-10H2,(H,18,20)(H,19,23)/t13-/m0/s1. The SMILES string of the molecule is O=C(NCCc1cnc[nH]1)[C@H]1CC(=O)N(Cc2ccncc2)C1. The molecule has 2 N–H and O–H groups in total. The van der Waals surface area contributed by atoms with E-state index in [9.17, 15) is 9.59 Å². The molecule has 7 nitrogen and oxygen atoms in total. The highest BCUT2D eigenvalue weighted by atomic mass is 16.2. The highest BCUT2D eigenvalue weighted by molar-refractivity contribution is 5.89. The van der Waals surface area contributed by atoms with Crippen LogP contribution in [0.4, 0.5) is 0 Å². The van der Waals surface area contributed by atoms with Gasteiger partial charge in [0.15, 0.2) is 0 Å². The number of pyridine rings is 1. The van der Waals surface area contributed by atoms with E-state index in [1.165, 1.54) is 0 Å². The quantitative estimate of drug-likeness (QED) is 0.813. The fourth-order valence-electron chi connectivity index (χ4n) is 2.70. The zero-order chi connectivity index (χ0) is 16.1. The number of nitrogens with one attached hydrogen (secondary N) is 2. The number of carbonyl (C=O) groups is 2. The van der Waals surface area contributed by atoms with Gasteiger partial charge in [-0.15, -0.1) is 0 Å². The summed E-state index contributed by atoms with van der Waals surface area (Å²) in [4.78, 5) is 36.9. The molecule has 1 saturated heterocycles. The van der Waals surface area contributed by atoms with E-state index in [1.54, 1.807) is 29.8 Å². The van der Waals surface area contributed by atoms with Crippen LogP contribution in [-0.2, 0) is 22.6 Å². The summed E-state index contributed by atoms with van der Waals surface area (Å²) in [6.45, 7) is 1.53. The highest BCUT2D eigenvalue weighted by Gasteiger charge is 2.33. The van der Waals surface area contributed by atoms with E-state index < -0.39 is 0 Å². The molecule has 1 fully saturated rings. The van der Waals surface area contributed by atoms with Crippen LogP contribution in [0.15, 0.2) is 37.1 Å². The molecule has 0 saturated carbocycles. The van der Waals surface area contributed by atoms with Crippen molar-refractivity contribution < 1.29 is 9.59 Å². The Morgan fingerprint density at radius 3 is 2.91 bits per heavy atom. The molecule has 0 unspecified atom stereocenters. The molecule has 2 amide bonds. The molecule has 0 bridgehead atoms.